The van der Waals surface area contributed by atoms with Crippen LogP contribution in [0.4, 0.5) is 0 Å². The van der Waals surface area contributed by atoms with Crippen molar-refractivity contribution in [2.45, 2.75) is 0 Å². The van der Waals surface area contributed by atoms with Gasteiger partial charge in [0.05, 0.1) is 28.4 Å². The molecule has 8 heteroatoms. The molecule has 0 unspecified atom stereocenters. The molecule has 0 amide bonds. The molecule has 0 heterocycles. The van der Waals surface area contributed by atoms with Crippen LogP contribution in [0.3, 0.4) is 0 Å². The molecule has 0 saturated carbocycles. The monoisotopic (exact) mass is 692 g/mol. The van der Waals surface area contributed by atoms with Gasteiger partial charge in [-0.3, -0.25) is 9.59 Å². The molecule has 4 aromatic carbocycles. The summed E-state index contributed by atoms with van der Waals surface area (Å²) in [5.41, 5.74) is 3.04. The highest BCUT2D eigenvalue weighted by molar-refractivity contribution is 9.10. The van der Waals surface area contributed by atoms with Crippen LogP contribution in [0, 0.1) is 0 Å². The molecule has 0 atom stereocenters. The molecular formula is C34H30Br2O6. The molecular weight excluding hydrogens is 664 g/mol. The number of benzene rings is 4. The van der Waals surface area contributed by atoms with Crippen molar-refractivity contribution in [3.63, 3.8) is 0 Å². The molecule has 0 aliphatic rings. The Bertz CT molecular complexity index is 1440. The summed E-state index contributed by atoms with van der Waals surface area (Å²) in [5.74, 6) is 2.50. The van der Waals surface area contributed by atoms with Gasteiger partial charge in [-0.1, -0.05) is 56.1 Å². The van der Waals surface area contributed by atoms with E-state index >= 15 is 0 Å². The van der Waals surface area contributed by atoms with Crippen molar-refractivity contribution in [3.05, 3.63) is 128 Å². The van der Waals surface area contributed by atoms with Crippen molar-refractivity contribution in [1.29, 1.82) is 0 Å². The highest BCUT2D eigenvalue weighted by Crippen LogP contribution is 2.29. The van der Waals surface area contributed by atoms with Gasteiger partial charge >= 0.3 is 0 Å². The van der Waals surface area contributed by atoms with Crippen molar-refractivity contribution in [2.75, 3.05) is 28.4 Å². The van der Waals surface area contributed by atoms with E-state index in [4.69, 9.17) is 18.9 Å². The Morgan fingerprint density at radius 3 is 1.14 bits per heavy atom. The number of carbonyl (C=O) groups excluding carboxylic acids is 2. The van der Waals surface area contributed by atoms with Crippen molar-refractivity contribution >= 4 is 55.6 Å². The van der Waals surface area contributed by atoms with Gasteiger partial charge in [0.2, 0.25) is 0 Å². The number of carbonyl (C=O) groups is 2. The fourth-order valence-corrected chi connectivity index (χ4v) is 4.21. The van der Waals surface area contributed by atoms with E-state index in [1.807, 2.05) is 60.7 Å². The van der Waals surface area contributed by atoms with Crippen molar-refractivity contribution in [3.8, 4) is 23.0 Å². The summed E-state index contributed by atoms with van der Waals surface area (Å²) < 4.78 is 22.7. The fraction of sp³-hybridized carbons (Fsp3) is 0.118. The molecule has 0 radical (unpaired) electrons. The number of ether oxygens (including phenoxy) is 4. The van der Waals surface area contributed by atoms with Gasteiger partial charge in [0, 0.05) is 20.1 Å². The first-order valence-corrected chi connectivity index (χ1v) is 14.3. The van der Waals surface area contributed by atoms with Crippen molar-refractivity contribution < 1.29 is 28.5 Å². The van der Waals surface area contributed by atoms with Gasteiger partial charge in [-0.05, 0) is 96.1 Å². The third kappa shape index (κ3) is 9.46. The minimum atomic E-state index is -0.0442. The zero-order valence-electron chi connectivity index (χ0n) is 23.6. The third-order valence-electron chi connectivity index (χ3n) is 5.93. The van der Waals surface area contributed by atoms with Crippen molar-refractivity contribution in [1.82, 2.24) is 0 Å². The summed E-state index contributed by atoms with van der Waals surface area (Å²) in [7, 11) is 6.34. The molecule has 42 heavy (non-hydrogen) atoms. The van der Waals surface area contributed by atoms with E-state index in [-0.39, 0.29) is 11.6 Å². The number of hydrogen-bond acceptors (Lipinski definition) is 6. The van der Waals surface area contributed by atoms with E-state index in [2.05, 4.69) is 31.9 Å². The number of hydrogen-bond donors (Lipinski definition) is 0. The Balaban J connectivity index is 0.000000230. The summed E-state index contributed by atoms with van der Waals surface area (Å²) in [5, 5.41) is 0. The Labute approximate surface area is 262 Å². The highest BCUT2D eigenvalue weighted by atomic mass is 79.9. The summed E-state index contributed by atoms with van der Waals surface area (Å²) in [4.78, 5) is 24.1. The molecule has 0 fully saturated rings. The first-order chi connectivity index (χ1) is 20.3. The van der Waals surface area contributed by atoms with Crippen LogP contribution in [-0.4, -0.2) is 40.0 Å². The maximum absolute atomic E-state index is 12.0. The quantitative estimate of drug-likeness (QED) is 0.122. The van der Waals surface area contributed by atoms with Crippen LogP contribution in [-0.2, 0) is 0 Å². The van der Waals surface area contributed by atoms with Gasteiger partial charge in [-0.15, -0.1) is 0 Å². The van der Waals surface area contributed by atoms with Gasteiger partial charge in [0.15, 0.2) is 34.6 Å². The molecule has 4 aromatic rings. The predicted octanol–water partition coefficient (Wildman–Crippen LogP) is 8.72. The lowest BCUT2D eigenvalue weighted by atomic mass is 10.1. The summed E-state index contributed by atoms with van der Waals surface area (Å²) >= 11 is 6.69. The molecule has 0 bridgehead atoms. The van der Waals surface area contributed by atoms with Gasteiger partial charge in [0.25, 0.3) is 0 Å². The molecule has 0 aliphatic carbocycles. The van der Waals surface area contributed by atoms with E-state index in [1.54, 1.807) is 77.0 Å². The number of halogens is 2. The van der Waals surface area contributed by atoms with Crippen LogP contribution in [0.15, 0.2) is 106 Å². The maximum atomic E-state index is 12.0. The molecule has 0 N–H and O–H groups in total. The Hall–Kier alpha value is -4.14. The molecule has 0 spiro atoms. The Morgan fingerprint density at radius 1 is 0.500 bits per heavy atom. The zero-order chi connectivity index (χ0) is 30.5. The summed E-state index contributed by atoms with van der Waals surface area (Å²) in [6, 6.07) is 25.5. The molecule has 0 aliphatic heterocycles. The average Bonchev–Trinajstić information content (AvgIpc) is 3.03. The van der Waals surface area contributed by atoms with Crippen molar-refractivity contribution in [2.24, 2.45) is 0 Å². The van der Waals surface area contributed by atoms with Gasteiger partial charge in [-0.25, -0.2) is 0 Å². The minimum Gasteiger partial charge on any atom is -0.493 e. The number of rotatable bonds is 10. The molecule has 0 saturated heterocycles. The SMILES string of the molecule is COc1ccc(/C=C/C(=O)c2ccc(Br)cc2)cc1OC.COc1ccc(/C=C/C(=O)c2ccc(Br)cc2)cc1OC. The lowest BCUT2D eigenvalue weighted by molar-refractivity contribution is 0.103. The van der Waals surface area contributed by atoms with Gasteiger partial charge < -0.3 is 18.9 Å². The number of methoxy groups -OCH3 is 4. The first kappa shape index (κ1) is 32.4. The summed E-state index contributed by atoms with van der Waals surface area (Å²) in [6.07, 6.45) is 6.60. The summed E-state index contributed by atoms with van der Waals surface area (Å²) in [6.45, 7) is 0. The third-order valence-corrected chi connectivity index (χ3v) is 6.98. The van der Waals surface area contributed by atoms with E-state index in [9.17, 15) is 9.59 Å². The fourth-order valence-electron chi connectivity index (χ4n) is 3.68. The first-order valence-electron chi connectivity index (χ1n) is 12.7. The Kier molecular flexibility index (Phi) is 12.6. The van der Waals surface area contributed by atoms with Gasteiger partial charge in [-0.2, -0.15) is 0 Å². The number of ketones is 2. The van der Waals surface area contributed by atoms with Crippen LogP contribution < -0.4 is 18.9 Å². The van der Waals surface area contributed by atoms with Crippen LogP contribution in [0.5, 0.6) is 23.0 Å². The molecule has 4 rings (SSSR count). The van der Waals surface area contributed by atoms with Gasteiger partial charge in [0.1, 0.15) is 0 Å². The smallest absolute Gasteiger partial charge is 0.185 e. The maximum Gasteiger partial charge on any atom is 0.185 e. The average molecular weight is 694 g/mol. The lowest BCUT2D eigenvalue weighted by Crippen LogP contribution is -1.93. The predicted molar refractivity (Wildman–Crippen MR) is 174 cm³/mol. The lowest BCUT2D eigenvalue weighted by Gasteiger charge is -2.07. The minimum absolute atomic E-state index is 0.0442. The second kappa shape index (κ2) is 16.3. The topological polar surface area (TPSA) is 71.1 Å². The number of allylic oxidation sites excluding steroid dienone is 2. The van der Waals surface area contributed by atoms with Crippen LogP contribution in [0.25, 0.3) is 12.2 Å². The van der Waals surface area contributed by atoms with E-state index in [0.29, 0.717) is 34.1 Å². The largest absolute Gasteiger partial charge is 0.493 e. The normalized spacial score (nSPS) is 10.6. The van der Waals surface area contributed by atoms with Crippen LogP contribution in [0.1, 0.15) is 31.8 Å². The standard InChI is InChI=1S/2C17H15BrO3/c2*1-20-16-10-4-12(11-17(16)21-2)3-9-15(19)13-5-7-14(18)8-6-13/h2*3-11H,1-2H3/b2*9-3+. The molecule has 216 valence electrons. The highest BCUT2D eigenvalue weighted by Gasteiger charge is 2.06. The molecule has 6 nitrogen and oxygen atoms in total. The van der Waals surface area contributed by atoms with E-state index < -0.39 is 0 Å². The second-order valence-electron chi connectivity index (χ2n) is 8.64. The second-order valence-corrected chi connectivity index (χ2v) is 10.5. The molecule has 0 aromatic heterocycles. The van der Waals surface area contributed by atoms with E-state index in [0.717, 1.165) is 20.1 Å². The Morgan fingerprint density at radius 2 is 0.833 bits per heavy atom. The zero-order valence-corrected chi connectivity index (χ0v) is 26.8. The van der Waals surface area contributed by atoms with E-state index in [1.165, 1.54) is 0 Å². The van der Waals surface area contributed by atoms with Crippen LogP contribution >= 0.6 is 31.9 Å². The van der Waals surface area contributed by atoms with Crippen LogP contribution in [0.2, 0.25) is 0 Å².